The summed E-state index contributed by atoms with van der Waals surface area (Å²) in [6.07, 6.45) is 28.7. The van der Waals surface area contributed by atoms with Crippen molar-refractivity contribution in [2.45, 2.75) is 18.1 Å². The molecule has 5 heterocycles. The molecule has 11 rings (SSSR count). The molecule has 0 saturated carbocycles. The molecule has 56 heavy (non-hydrogen) atoms. The van der Waals surface area contributed by atoms with Gasteiger partial charge in [-0.25, -0.2) is 9.97 Å². The number of aromatic nitrogens is 2. The number of nitrogens with one attached hydrogen (secondary N) is 3. The third-order valence-electron chi connectivity index (χ3n) is 11.3. The van der Waals surface area contributed by atoms with Crippen LogP contribution < -0.4 is 16.0 Å². The van der Waals surface area contributed by atoms with Crippen LogP contribution in [0.15, 0.2) is 199 Å². The first kappa shape index (κ1) is 32.2. The number of rotatable bonds is 5. The maximum absolute atomic E-state index is 5.18. The molecule has 5 aliphatic rings. The molecule has 0 bridgehead atoms. The summed E-state index contributed by atoms with van der Waals surface area (Å²) in [4.78, 5) is 10.3. The first-order valence-corrected chi connectivity index (χ1v) is 19.3. The van der Waals surface area contributed by atoms with Crippen molar-refractivity contribution >= 4 is 44.8 Å². The second-order valence-corrected chi connectivity index (χ2v) is 14.8. The van der Waals surface area contributed by atoms with Gasteiger partial charge in [-0.15, -0.1) is 0 Å². The van der Waals surface area contributed by atoms with Crippen LogP contribution in [0.3, 0.4) is 0 Å². The third kappa shape index (κ3) is 5.82. The van der Waals surface area contributed by atoms with Gasteiger partial charge < -0.3 is 16.0 Å². The average molecular weight is 720 g/mol. The van der Waals surface area contributed by atoms with Gasteiger partial charge in [-0.2, -0.15) is 0 Å². The zero-order chi connectivity index (χ0) is 37.0. The van der Waals surface area contributed by atoms with Gasteiger partial charge in [0, 0.05) is 39.5 Å². The highest BCUT2D eigenvalue weighted by molar-refractivity contribution is 6.04. The van der Waals surface area contributed by atoms with E-state index in [1.807, 2.05) is 18.2 Å². The highest BCUT2D eigenvalue weighted by Gasteiger charge is 2.23. The van der Waals surface area contributed by atoms with Gasteiger partial charge in [0.15, 0.2) is 0 Å². The van der Waals surface area contributed by atoms with E-state index in [0.717, 1.165) is 61.3 Å². The molecule has 0 radical (unpaired) electrons. The normalized spacial score (nSPS) is 20.3. The van der Waals surface area contributed by atoms with Crippen molar-refractivity contribution in [3.05, 3.63) is 216 Å². The topological polar surface area (TPSA) is 61.9 Å². The molecule has 5 heteroatoms. The molecule has 6 aromatic rings. The van der Waals surface area contributed by atoms with E-state index in [4.69, 9.17) is 9.97 Å². The van der Waals surface area contributed by atoms with Crippen LogP contribution in [-0.4, -0.2) is 28.1 Å². The van der Waals surface area contributed by atoms with Gasteiger partial charge in [0.05, 0.1) is 40.5 Å². The minimum atomic E-state index is 0.0747. The molecule has 0 amide bonds. The highest BCUT2D eigenvalue weighted by atomic mass is 15.0. The second kappa shape index (κ2) is 13.3. The van der Waals surface area contributed by atoms with Crippen LogP contribution in [0, 0.1) is 0 Å². The Morgan fingerprint density at radius 1 is 0.500 bits per heavy atom. The van der Waals surface area contributed by atoms with Crippen LogP contribution in [0.25, 0.3) is 61.7 Å². The Kier molecular flexibility index (Phi) is 7.62. The fraction of sp³-hybridized carbons (Fsp3) is 0.0588. The summed E-state index contributed by atoms with van der Waals surface area (Å²) in [6, 6.07) is 38.9. The van der Waals surface area contributed by atoms with Crippen molar-refractivity contribution in [2.24, 2.45) is 0 Å². The van der Waals surface area contributed by atoms with Crippen LogP contribution in [-0.2, 0) is 0 Å². The number of dihydropyridines is 2. The molecule has 3 unspecified atom stereocenters. The van der Waals surface area contributed by atoms with E-state index in [9.17, 15) is 0 Å². The van der Waals surface area contributed by atoms with Crippen LogP contribution in [0.2, 0.25) is 0 Å². The summed E-state index contributed by atoms with van der Waals surface area (Å²) in [5.41, 5.74) is 16.6. The molecule has 5 nitrogen and oxygen atoms in total. The summed E-state index contributed by atoms with van der Waals surface area (Å²) in [6.45, 7) is 0. The maximum atomic E-state index is 5.18. The van der Waals surface area contributed by atoms with Gasteiger partial charge in [0.1, 0.15) is 0 Å². The fourth-order valence-electron chi connectivity index (χ4n) is 8.25. The van der Waals surface area contributed by atoms with Gasteiger partial charge in [-0.1, -0.05) is 152 Å². The zero-order valence-electron chi connectivity index (χ0n) is 30.5. The predicted molar refractivity (Wildman–Crippen MR) is 232 cm³/mol. The van der Waals surface area contributed by atoms with Crippen molar-refractivity contribution in [3.63, 3.8) is 0 Å². The van der Waals surface area contributed by atoms with Crippen LogP contribution in [0.5, 0.6) is 0 Å². The minimum Gasteiger partial charge on any atom is -0.380 e. The Hall–Kier alpha value is -7.24. The number of nitrogens with zero attached hydrogens (tertiary/aromatic N) is 2. The Morgan fingerprint density at radius 3 is 2.04 bits per heavy atom. The van der Waals surface area contributed by atoms with Crippen LogP contribution in [0.1, 0.15) is 16.7 Å². The molecule has 0 saturated heterocycles. The van der Waals surface area contributed by atoms with Crippen molar-refractivity contribution in [2.75, 3.05) is 5.32 Å². The van der Waals surface area contributed by atoms with E-state index in [2.05, 4.69) is 186 Å². The van der Waals surface area contributed by atoms with E-state index in [1.54, 1.807) is 0 Å². The van der Waals surface area contributed by atoms with Crippen molar-refractivity contribution in [3.8, 4) is 22.5 Å². The highest BCUT2D eigenvalue weighted by Crippen LogP contribution is 2.35. The van der Waals surface area contributed by atoms with E-state index in [1.165, 1.54) is 33.4 Å². The van der Waals surface area contributed by atoms with Crippen molar-refractivity contribution < 1.29 is 0 Å². The largest absolute Gasteiger partial charge is 0.380 e. The first-order valence-electron chi connectivity index (χ1n) is 19.3. The molecular weight excluding hydrogens is 683 g/mol. The van der Waals surface area contributed by atoms with Gasteiger partial charge >= 0.3 is 0 Å². The lowest BCUT2D eigenvalue weighted by molar-refractivity contribution is 0.774. The summed E-state index contributed by atoms with van der Waals surface area (Å²) < 4.78 is 0. The standard InChI is InChI=1S/C51H37N5/c1-2-6-33(7-3-1)44-26-22-37-16-17-38-23-27-45(56-51(38)50(37)55-44)34-12-10-32(11-13-34)39-18-14-35-20-24-46(53-48(35)29-39)41-19-15-36-21-25-47(54-49(36)30-41)42-28-40-8-4-5-9-43(40)52-31-42/h1-31,43,47-48,52-54H. The number of pyridine rings is 2. The number of hydrogen-bond acceptors (Lipinski definition) is 5. The SMILES string of the molecule is C1=CC2=CC(C3C=Cc4ccc(C5=CC=C6C=CC(c7ccc(-c8ccc9ccc%10ccc(-c%11ccccc%11)nc%10c9n8)cc7)=CC6N5)cc4N3)=CNC2C=C1. The smallest absolute Gasteiger partial charge is 0.0972 e. The maximum Gasteiger partial charge on any atom is 0.0972 e. The first-order chi connectivity index (χ1) is 27.7. The summed E-state index contributed by atoms with van der Waals surface area (Å²) in [7, 11) is 0. The lowest BCUT2D eigenvalue weighted by atomic mass is 9.89. The van der Waals surface area contributed by atoms with Crippen LogP contribution >= 0.6 is 0 Å². The molecule has 0 spiro atoms. The summed E-state index contributed by atoms with van der Waals surface area (Å²) >= 11 is 0. The molecule has 4 aromatic carbocycles. The summed E-state index contributed by atoms with van der Waals surface area (Å²) in [5, 5.41) is 13.3. The minimum absolute atomic E-state index is 0.0747. The molecule has 266 valence electrons. The Bertz CT molecular complexity index is 2880. The van der Waals surface area contributed by atoms with Gasteiger partial charge in [-0.05, 0) is 69.3 Å². The Labute approximate surface area is 325 Å². The van der Waals surface area contributed by atoms with Gasteiger partial charge in [-0.3, -0.25) is 0 Å². The molecular formula is C51H37N5. The zero-order valence-corrected chi connectivity index (χ0v) is 30.5. The van der Waals surface area contributed by atoms with E-state index in [0.29, 0.717) is 0 Å². The van der Waals surface area contributed by atoms with Crippen molar-refractivity contribution in [1.29, 1.82) is 0 Å². The van der Waals surface area contributed by atoms with Crippen LogP contribution in [0.4, 0.5) is 5.69 Å². The molecule has 3 N–H and O–H groups in total. The quantitative estimate of drug-likeness (QED) is 0.155. The van der Waals surface area contributed by atoms with Gasteiger partial charge in [0.2, 0.25) is 0 Å². The summed E-state index contributed by atoms with van der Waals surface area (Å²) in [5.74, 6) is 0. The Morgan fingerprint density at radius 2 is 1.23 bits per heavy atom. The number of allylic oxidation sites excluding steroid dienone is 6. The lowest BCUT2D eigenvalue weighted by Gasteiger charge is -2.30. The monoisotopic (exact) mass is 719 g/mol. The molecule has 0 fully saturated rings. The molecule has 2 aromatic heterocycles. The van der Waals surface area contributed by atoms with E-state index < -0.39 is 0 Å². The fourth-order valence-corrected chi connectivity index (χ4v) is 8.25. The van der Waals surface area contributed by atoms with Gasteiger partial charge in [0.25, 0.3) is 0 Å². The third-order valence-corrected chi connectivity index (χ3v) is 11.3. The van der Waals surface area contributed by atoms with E-state index in [-0.39, 0.29) is 18.1 Å². The lowest BCUT2D eigenvalue weighted by Crippen LogP contribution is -2.32. The number of fused-ring (bicyclic) bond motifs is 6. The number of hydrogen-bond donors (Lipinski definition) is 3. The Balaban J connectivity index is 0.821. The second-order valence-electron chi connectivity index (χ2n) is 14.8. The van der Waals surface area contributed by atoms with E-state index >= 15 is 0 Å². The number of anilines is 1. The number of benzene rings is 4. The average Bonchev–Trinajstić information content (AvgIpc) is 3.28. The van der Waals surface area contributed by atoms with Crippen molar-refractivity contribution in [1.82, 2.24) is 20.6 Å². The predicted octanol–water partition coefficient (Wildman–Crippen LogP) is 10.7. The molecule has 3 aliphatic heterocycles. The molecule has 3 atom stereocenters. The molecule has 2 aliphatic carbocycles.